The Labute approximate surface area is 218 Å². The summed E-state index contributed by atoms with van der Waals surface area (Å²) in [5, 5.41) is -0.395. The summed E-state index contributed by atoms with van der Waals surface area (Å²) in [5.74, 6) is -1.55. The van der Waals surface area contributed by atoms with Gasteiger partial charge in [0.25, 0.3) is 5.60 Å². The standard InChI is InChI=1S/C25H22ClF7N2OS/c1-37-35-11-22(12-35)9-34(10-22)8-14-6-18(27)20(19(21(14)28)13-2-3-13)16-5-4-15(7-17(16)26)23(24(29,30)31)25(32,33)36-23/h4-7,13H,2-3,8-12H2,1H3. The molecule has 0 aromatic heterocycles. The molecule has 4 aliphatic rings. The summed E-state index contributed by atoms with van der Waals surface area (Å²) in [7, 11) is 0. The second-order valence-corrected chi connectivity index (χ2v) is 11.8. The molecule has 0 bridgehead atoms. The number of hydrogen-bond acceptors (Lipinski definition) is 4. The van der Waals surface area contributed by atoms with Gasteiger partial charge in [0.1, 0.15) is 11.6 Å². The summed E-state index contributed by atoms with van der Waals surface area (Å²) >= 11 is 7.91. The zero-order chi connectivity index (χ0) is 26.5. The molecule has 2 aromatic rings. The molecule has 3 heterocycles. The van der Waals surface area contributed by atoms with Gasteiger partial charge in [0.2, 0.25) is 0 Å². The first-order valence-corrected chi connectivity index (χ1v) is 13.3. The molecule has 0 N–H and O–H groups in total. The Kier molecular flexibility index (Phi) is 5.73. The Bertz CT molecular complexity index is 1270. The largest absolute Gasteiger partial charge is 0.430 e. The van der Waals surface area contributed by atoms with Crippen LogP contribution in [0.25, 0.3) is 11.1 Å². The van der Waals surface area contributed by atoms with Crippen LogP contribution in [0.5, 0.6) is 0 Å². The van der Waals surface area contributed by atoms with Crippen molar-refractivity contribution >= 4 is 23.5 Å². The van der Waals surface area contributed by atoms with Gasteiger partial charge in [0, 0.05) is 71.0 Å². The Hall–Kier alpha value is -1.53. The van der Waals surface area contributed by atoms with Crippen LogP contribution >= 0.6 is 23.5 Å². The topological polar surface area (TPSA) is 19.0 Å². The number of epoxide rings is 1. The van der Waals surface area contributed by atoms with Crippen LogP contribution in [0.1, 0.15) is 35.4 Å². The highest BCUT2D eigenvalue weighted by molar-refractivity contribution is 7.96. The van der Waals surface area contributed by atoms with E-state index in [0.717, 1.165) is 44.4 Å². The van der Waals surface area contributed by atoms with E-state index in [-0.39, 0.29) is 40.1 Å². The lowest BCUT2D eigenvalue weighted by atomic mass is 9.74. The molecule has 3 aliphatic heterocycles. The predicted octanol–water partition coefficient (Wildman–Crippen LogP) is 6.94. The third-order valence-electron chi connectivity index (χ3n) is 7.80. The summed E-state index contributed by atoms with van der Waals surface area (Å²) < 4.78 is 105. The molecule has 1 unspecified atom stereocenters. The van der Waals surface area contributed by atoms with Crippen molar-refractivity contribution in [3.05, 3.63) is 57.6 Å². The normalized spacial score (nSPS) is 26.7. The van der Waals surface area contributed by atoms with E-state index in [1.807, 2.05) is 6.26 Å². The van der Waals surface area contributed by atoms with Crippen LogP contribution in [0, 0.1) is 17.0 Å². The summed E-state index contributed by atoms with van der Waals surface area (Å²) in [6, 6.07) is 3.62. The van der Waals surface area contributed by atoms with Crippen molar-refractivity contribution in [3.63, 3.8) is 0 Å². The zero-order valence-corrected chi connectivity index (χ0v) is 21.1. The summed E-state index contributed by atoms with van der Waals surface area (Å²) in [6.07, 6.45) is -6.56. The van der Waals surface area contributed by atoms with E-state index in [1.165, 1.54) is 0 Å². The van der Waals surface area contributed by atoms with Crippen LogP contribution in [-0.2, 0) is 16.9 Å². The smallest absolute Gasteiger partial charge is 0.298 e. The van der Waals surface area contributed by atoms with Gasteiger partial charge in [-0.1, -0.05) is 35.7 Å². The van der Waals surface area contributed by atoms with Gasteiger partial charge in [-0.3, -0.25) is 9.64 Å². The molecular formula is C25H22ClF7N2OS. The van der Waals surface area contributed by atoms with Crippen LogP contribution < -0.4 is 0 Å². The minimum Gasteiger partial charge on any atom is -0.298 e. The first-order chi connectivity index (χ1) is 17.3. The van der Waals surface area contributed by atoms with Gasteiger partial charge in [-0.25, -0.2) is 13.1 Å². The fraction of sp³-hybridized carbons (Fsp3) is 0.520. The average molecular weight is 567 g/mol. The molecule has 2 aromatic carbocycles. The number of hydrogen-bond donors (Lipinski definition) is 0. The molecule has 0 amide bonds. The fourth-order valence-electron chi connectivity index (χ4n) is 5.85. The van der Waals surface area contributed by atoms with Crippen molar-refractivity contribution < 1.29 is 35.5 Å². The summed E-state index contributed by atoms with van der Waals surface area (Å²) in [4.78, 5) is 2.07. The van der Waals surface area contributed by atoms with E-state index in [1.54, 1.807) is 11.9 Å². The molecule has 200 valence electrons. The number of rotatable bonds is 6. The second kappa shape index (κ2) is 8.24. The molecule has 4 fully saturated rings. The predicted molar refractivity (Wildman–Crippen MR) is 125 cm³/mol. The zero-order valence-electron chi connectivity index (χ0n) is 19.6. The van der Waals surface area contributed by atoms with Gasteiger partial charge in [-0.05, 0) is 37.1 Å². The van der Waals surface area contributed by atoms with Crippen molar-refractivity contribution in [3.8, 4) is 11.1 Å². The highest BCUT2D eigenvalue weighted by atomic mass is 35.5. The van der Waals surface area contributed by atoms with Crippen LogP contribution in [-0.4, -0.2) is 53.9 Å². The van der Waals surface area contributed by atoms with Gasteiger partial charge >= 0.3 is 12.3 Å². The van der Waals surface area contributed by atoms with Crippen LogP contribution in [0.4, 0.5) is 30.7 Å². The van der Waals surface area contributed by atoms with Gasteiger partial charge in [0.15, 0.2) is 0 Å². The molecule has 1 spiro atoms. The molecule has 37 heavy (non-hydrogen) atoms. The van der Waals surface area contributed by atoms with Crippen molar-refractivity contribution in [1.29, 1.82) is 0 Å². The maximum absolute atomic E-state index is 15.8. The third kappa shape index (κ3) is 3.91. The minimum atomic E-state index is -5.40. The molecule has 3 saturated heterocycles. The number of nitrogens with zero attached hydrogens (tertiary/aromatic N) is 2. The first kappa shape index (κ1) is 25.7. The first-order valence-electron chi connectivity index (χ1n) is 11.8. The molecular weight excluding hydrogens is 545 g/mol. The Morgan fingerprint density at radius 1 is 1.08 bits per heavy atom. The highest BCUT2D eigenvalue weighted by Crippen LogP contribution is 2.66. The number of likely N-dealkylation sites (tertiary alicyclic amines) is 1. The average Bonchev–Trinajstić information content (AvgIpc) is 3.67. The van der Waals surface area contributed by atoms with Gasteiger partial charge in [0.05, 0.1) is 0 Å². The number of benzene rings is 2. The van der Waals surface area contributed by atoms with Crippen molar-refractivity contribution in [2.75, 3.05) is 32.4 Å². The Morgan fingerprint density at radius 3 is 2.24 bits per heavy atom. The fourth-order valence-corrected chi connectivity index (χ4v) is 6.93. The lowest BCUT2D eigenvalue weighted by Gasteiger charge is -2.59. The monoisotopic (exact) mass is 566 g/mol. The highest BCUT2D eigenvalue weighted by Gasteiger charge is 2.88. The van der Waals surface area contributed by atoms with Crippen molar-refractivity contribution in [2.24, 2.45) is 5.41 Å². The lowest BCUT2D eigenvalue weighted by molar-refractivity contribution is -0.193. The van der Waals surface area contributed by atoms with Crippen LogP contribution in [0.15, 0.2) is 24.3 Å². The third-order valence-corrected chi connectivity index (χ3v) is 8.89. The van der Waals surface area contributed by atoms with Crippen molar-refractivity contribution in [2.45, 2.75) is 43.2 Å². The number of alkyl halides is 5. The summed E-state index contributed by atoms with van der Waals surface area (Å²) in [5.41, 5.74) is -4.33. The van der Waals surface area contributed by atoms with E-state index < -0.39 is 40.1 Å². The number of ether oxygens (including phenoxy) is 1. The minimum absolute atomic E-state index is 0.0499. The van der Waals surface area contributed by atoms with E-state index >= 15 is 8.78 Å². The van der Waals surface area contributed by atoms with Gasteiger partial charge < -0.3 is 0 Å². The molecule has 12 heteroatoms. The van der Waals surface area contributed by atoms with Gasteiger partial charge in [-0.2, -0.15) is 22.0 Å². The molecule has 1 aliphatic carbocycles. The quantitative estimate of drug-likeness (QED) is 0.214. The molecule has 0 radical (unpaired) electrons. The van der Waals surface area contributed by atoms with E-state index in [9.17, 15) is 22.0 Å². The van der Waals surface area contributed by atoms with Gasteiger partial charge in [-0.15, -0.1) is 0 Å². The van der Waals surface area contributed by atoms with Crippen molar-refractivity contribution in [1.82, 2.24) is 9.21 Å². The summed E-state index contributed by atoms with van der Waals surface area (Å²) in [6.45, 7) is 3.78. The molecule has 3 nitrogen and oxygen atoms in total. The van der Waals surface area contributed by atoms with Crippen LogP contribution in [0.2, 0.25) is 5.02 Å². The molecule has 1 atom stereocenters. The maximum Gasteiger partial charge on any atom is 0.430 e. The second-order valence-electron chi connectivity index (χ2n) is 10.5. The Balaban J connectivity index is 1.31. The SMILES string of the molecule is CSN1CC2(CN(Cc3cc(F)c(-c4ccc(C5(C(F)(F)F)OC5(F)F)cc4Cl)c(C4CC4)c3F)C2)C1. The van der Waals surface area contributed by atoms with Crippen LogP contribution in [0.3, 0.4) is 0 Å². The van der Waals surface area contributed by atoms with E-state index in [4.69, 9.17) is 11.6 Å². The number of halogens is 8. The molecule has 1 saturated carbocycles. The Morgan fingerprint density at radius 2 is 1.73 bits per heavy atom. The molecule has 6 rings (SSSR count). The lowest BCUT2D eigenvalue weighted by Crippen LogP contribution is -2.70. The van der Waals surface area contributed by atoms with E-state index in [2.05, 4.69) is 13.9 Å². The maximum atomic E-state index is 15.8. The van der Waals surface area contributed by atoms with E-state index in [0.29, 0.717) is 18.9 Å².